The molecule has 3 nitrogen and oxygen atoms in total. The highest BCUT2D eigenvalue weighted by Crippen LogP contribution is 2.24. The second kappa shape index (κ2) is 7.04. The third kappa shape index (κ3) is 3.49. The van der Waals surface area contributed by atoms with Crippen molar-refractivity contribution in [1.82, 2.24) is 9.78 Å². The van der Waals surface area contributed by atoms with Crippen LogP contribution in [0.25, 0.3) is 0 Å². The zero-order chi connectivity index (χ0) is 14.5. The Labute approximate surface area is 129 Å². The van der Waals surface area contributed by atoms with E-state index in [-0.39, 0.29) is 6.04 Å². The van der Waals surface area contributed by atoms with Gasteiger partial charge in [-0.25, -0.2) is 0 Å². The number of aryl methyl sites for hydroxylation is 2. The molecular formula is C16H22BrN3. The second-order valence-electron chi connectivity index (χ2n) is 5.09. The maximum Gasteiger partial charge on any atom is 0.0766 e. The first kappa shape index (κ1) is 15.3. The van der Waals surface area contributed by atoms with E-state index in [9.17, 15) is 0 Å². The Bertz CT molecular complexity index is 548. The Morgan fingerprint density at radius 3 is 2.60 bits per heavy atom. The Morgan fingerprint density at radius 1 is 1.30 bits per heavy atom. The van der Waals surface area contributed by atoms with Crippen LogP contribution in [-0.4, -0.2) is 9.78 Å². The molecule has 1 aromatic carbocycles. The number of benzene rings is 1. The van der Waals surface area contributed by atoms with Crippen LogP contribution in [0.15, 0.2) is 34.8 Å². The summed E-state index contributed by atoms with van der Waals surface area (Å²) in [5, 5.41) is 4.52. The van der Waals surface area contributed by atoms with Gasteiger partial charge in [-0.3, -0.25) is 4.68 Å². The third-order valence-corrected chi connectivity index (χ3v) is 4.57. The number of hydrogen-bond acceptors (Lipinski definition) is 2. The van der Waals surface area contributed by atoms with Crippen molar-refractivity contribution in [1.29, 1.82) is 0 Å². The molecule has 1 atom stereocenters. The fourth-order valence-corrected chi connectivity index (χ4v) is 3.26. The van der Waals surface area contributed by atoms with E-state index in [1.165, 1.54) is 11.3 Å². The molecule has 0 saturated carbocycles. The highest BCUT2D eigenvalue weighted by atomic mass is 79.9. The van der Waals surface area contributed by atoms with Gasteiger partial charge in [0.1, 0.15) is 0 Å². The van der Waals surface area contributed by atoms with Gasteiger partial charge in [0.15, 0.2) is 0 Å². The average molecular weight is 336 g/mol. The SMILES string of the molecule is CCc1nn(C)c(CCCC(N)c2ccccc2)c1Br. The number of rotatable bonds is 6. The quantitative estimate of drug-likeness (QED) is 0.873. The van der Waals surface area contributed by atoms with Crippen molar-refractivity contribution in [3.8, 4) is 0 Å². The van der Waals surface area contributed by atoms with Crippen molar-refractivity contribution in [3.63, 3.8) is 0 Å². The van der Waals surface area contributed by atoms with E-state index < -0.39 is 0 Å². The number of halogens is 1. The summed E-state index contributed by atoms with van der Waals surface area (Å²) < 4.78 is 3.15. The molecule has 4 heteroatoms. The van der Waals surface area contributed by atoms with E-state index in [1.807, 2.05) is 29.9 Å². The lowest BCUT2D eigenvalue weighted by Gasteiger charge is -2.11. The predicted molar refractivity (Wildman–Crippen MR) is 86.6 cm³/mol. The smallest absolute Gasteiger partial charge is 0.0766 e. The Morgan fingerprint density at radius 2 is 2.00 bits per heavy atom. The molecular weight excluding hydrogens is 314 g/mol. The molecule has 2 N–H and O–H groups in total. The molecule has 0 radical (unpaired) electrons. The normalized spacial score (nSPS) is 12.6. The van der Waals surface area contributed by atoms with Gasteiger partial charge in [0.25, 0.3) is 0 Å². The lowest BCUT2D eigenvalue weighted by Crippen LogP contribution is -2.10. The van der Waals surface area contributed by atoms with Gasteiger partial charge in [-0.05, 0) is 47.2 Å². The number of aromatic nitrogens is 2. The topological polar surface area (TPSA) is 43.8 Å². The van der Waals surface area contributed by atoms with Crippen LogP contribution >= 0.6 is 15.9 Å². The number of nitrogens with two attached hydrogens (primary N) is 1. The largest absolute Gasteiger partial charge is 0.324 e. The van der Waals surface area contributed by atoms with Crippen molar-refractivity contribution in [2.75, 3.05) is 0 Å². The minimum Gasteiger partial charge on any atom is -0.324 e. The van der Waals surface area contributed by atoms with Gasteiger partial charge in [-0.2, -0.15) is 5.10 Å². The number of nitrogens with zero attached hydrogens (tertiary/aromatic N) is 2. The van der Waals surface area contributed by atoms with Crippen molar-refractivity contribution in [2.24, 2.45) is 12.8 Å². The average Bonchev–Trinajstić information content (AvgIpc) is 2.75. The summed E-state index contributed by atoms with van der Waals surface area (Å²) in [5.74, 6) is 0. The minimum atomic E-state index is 0.119. The second-order valence-corrected chi connectivity index (χ2v) is 5.89. The summed E-state index contributed by atoms with van der Waals surface area (Å²) in [6, 6.07) is 10.4. The monoisotopic (exact) mass is 335 g/mol. The lowest BCUT2D eigenvalue weighted by atomic mass is 10.0. The first-order valence-electron chi connectivity index (χ1n) is 7.14. The van der Waals surface area contributed by atoms with E-state index in [0.717, 1.165) is 35.8 Å². The standard InChI is InChI=1S/C16H22BrN3/c1-3-14-16(17)15(20(2)19-14)11-7-10-13(18)12-8-5-4-6-9-12/h4-6,8-9,13H,3,7,10-11,18H2,1-2H3. The maximum absolute atomic E-state index is 6.23. The van der Waals surface area contributed by atoms with Crippen LogP contribution in [0.3, 0.4) is 0 Å². The summed E-state index contributed by atoms with van der Waals surface area (Å²) in [5.41, 5.74) is 9.85. The zero-order valence-corrected chi connectivity index (χ0v) is 13.7. The van der Waals surface area contributed by atoms with Crippen LogP contribution in [0.2, 0.25) is 0 Å². The van der Waals surface area contributed by atoms with Crippen LogP contribution in [0, 0.1) is 0 Å². The molecule has 2 aromatic rings. The van der Waals surface area contributed by atoms with E-state index in [0.29, 0.717) is 0 Å². The maximum atomic E-state index is 6.23. The van der Waals surface area contributed by atoms with Gasteiger partial charge in [0, 0.05) is 13.1 Å². The third-order valence-electron chi connectivity index (χ3n) is 3.66. The molecule has 0 aliphatic rings. The van der Waals surface area contributed by atoms with Crippen molar-refractivity contribution in [3.05, 3.63) is 51.8 Å². The molecule has 2 rings (SSSR count). The summed E-state index contributed by atoms with van der Waals surface area (Å²) in [6.45, 7) is 2.13. The van der Waals surface area contributed by atoms with E-state index in [1.54, 1.807) is 0 Å². The molecule has 0 fully saturated rings. The molecule has 108 valence electrons. The highest BCUT2D eigenvalue weighted by molar-refractivity contribution is 9.10. The molecule has 1 aromatic heterocycles. The fraction of sp³-hybridized carbons (Fsp3) is 0.438. The van der Waals surface area contributed by atoms with Gasteiger partial charge >= 0.3 is 0 Å². The van der Waals surface area contributed by atoms with Gasteiger partial charge in [0.2, 0.25) is 0 Å². The molecule has 20 heavy (non-hydrogen) atoms. The van der Waals surface area contributed by atoms with Crippen molar-refractivity contribution >= 4 is 15.9 Å². The van der Waals surface area contributed by atoms with Crippen LogP contribution in [0.4, 0.5) is 0 Å². The summed E-state index contributed by atoms with van der Waals surface area (Å²) in [7, 11) is 2.01. The van der Waals surface area contributed by atoms with Gasteiger partial charge in [0.05, 0.1) is 15.9 Å². The molecule has 0 amide bonds. The highest BCUT2D eigenvalue weighted by Gasteiger charge is 2.13. The molecule has 0 aliphatic carbocycles. The van der Waals surface area contributed by atoms with Gasteiger partial charge < -0.3 is 5.73 Å². The predicted octanol–water partition coefficient (Wildman–Crippen LogP) is 3.77. The Kier molecular flexibility index (Phi) is 5.38. The first-order valence-corrected chi connectivity index (χ1v) is 7.93. The zero-order valence-electron chi connectivity index (χ0n) is 12.1. The molecule has 0 spiro atoms. The van der Waals surface area contributed by atoms with Gasteiger partial charge in [-0.15, -0.1) is 0 Å². The molecule has 1 unspecified atom stereocenters. The van der Waals surface area contributed by atoms with Gasteiger partial charge in [-0.1, -0.05) is 37.3 Å². The molecule has 0 bridgehead atoms. The summed E-state index contributed by atoms with van der Waals surface area (Å²) >= 11 is 3.66. The van der Waals surface area contributed by atoms with Crippen molar-refractivity contribution in [2.45, 2.75) is 38.6 Å². The van der Waals surface area contributed by atoms with Crippen LogP contribution < -0.4 is 5.73 Å². The Balaban J connectivity index is 1.92. The van der Waals surface area contributed by atoms with Crippen LogP contribution in [0.1, 0.15) is 42.8 Å². The van der Waals surface area contributed by atoms with E-state index >= 15 is 0 Å². The van der Waals surface area contributed by atoms with Crippen LogP contribution in [-0.2, 0) is 19.9 Å². The summed E-state index contributed by atoms with van der Waals surface area (Å²) in [6.07, 6.45) is 4.02. The minimum absolute atomic E-state index is 0.119. The fourth-order valence-electron chi connectivity index (χ4n) is 2.45. The molecule has 1 heterocycles. The van der Waals surface area contributed by atoms with Crippen molar-refractivity contribution < 1.29 is 0 Å². The van der Waals surface area contributed by atoms with Crippen LogP contribution in [0.5, 0.6) is 0 Å². The van der Waals surface area contributed by atoms with E-state index in [4.69, 9.17) is 5.73 Å². The molecule has 0 saturated heterocycles. The summed E-state index contributed by atoms with van der Waals surface area (Å²) in [4.78, 5) is 0. The Hall–Kier alpha value is -1.13. The van der Waals surface area contributed by atoms with E-state index in [2.05, 4.69) is 40.1 Å². The number of hydrogen-bond donors (Lipinski definition) is 1. The molecule has 0 aliphatic heterocycles. The first-order chi connectivity index (χ1) is 9.63. The lowest BCUT2D eigenvalue weighted by molar-refractivity contribution is 0.590.